The summed E-state index contributed by atoms with van der Waals surface area (Å²) in [6, 6.07) is 14.5. The SMILES string of the molecule is O=C(OCc1ccccc1)[C@@H](O)CCc1ccc(C2=CCCCC2)c(F)c1. The van der Waals surface area contributed by atoms with Gasteiger partial charge in [-0.3, -0.25) is 0 Å². The number of allylic oxidation sites excluding steroid dienone is 2. The number of hydrogen-bond acceptors (Lipinski definition) is 3. The van der Waals surface area contributed by atoms with Gasteiger partial charge in [0.2, 0.25) is 0 Å². The quantitative estimate of drug-likeness (QED) is 0.713. The topological polar surface area (TPSA) is 46.5 Å². The average molecular weight is 368 g/mol. The monoisotopic (exact) mass is 368 g/mol. The Morgan fingerprint density at radius 2 is 1.93 bits per heavy atom. The molecule has 0 aliphatic heterocycles. The molecule has 0 radical (unpaired) electrons. The van der Waals surface area contributed by atoms with Crippen LogP contribution in [0.1, 0.15) is 48.8 Å². The minimum Gasteiger partial charge on any atom is -0.459 e. The lowest BCUT2D eigenvalue weighted by molar-refractivity contribution is -0.155. The van der Waals surface area contributed by atoms with E-state index in [0.29, 0.717) is 12.0 Å². The van der Waals surface area contributed by atoms with Crippen LogP contribution >= 0.6 is 0 Å². The molecule has 0 saturated heterocycles. The van der Waals surface area contributed by atoms with Gasteiger partial charge < -0.3 is 9.84 Å². The smallest absolute Gasteiger partial charge is 0.335 e. The molecule has 3 rings (SSSR count). The summed E-state index contributed by atoms with van der Waals surface area (Å²) < 4.78 is 19.6. The van der Waals surface area contributed by atoms with E-state index in [0.717, 1.165) is 36.0 Å². The van der Waals surface area contributed by atoms with Gasteiger partial charge in [-0.15, -0.1) is 0 Å². The fourth-order valence-electron chi connectivity index (χ4n) is 3.30. The molecule has 0 fully saturated rings. The van der Waals surface area contributed by atoms with E-state index in [1.54, 1.807) is 0 Å². The Bertz CT molecular complexity index is 799. The van der Waals surface area contributed by atoms with E-state index in [-0.39, 0.29) is 18.8 Å². The van der Waals surface area contributed by atoms with E-state index in [4.69, 9.17) is 4.74 Å². The van der Waals surface area contributed by atoms with E-state index in [1.165, 1.54) is 12.5 Å². The second-order valence-electron chi connectivity index (χ2n) is 6.94. The molecule has 0 aromatic heterocycles. The molecule has 142 valence electrons. The number of carbonyl (C=O) groups is 1. The van der Waals surface area contributed by atoms with Gasteiger partial charge in [0.25, 0.3) is 0 Å². The Morgan fingerprint density at radius 3 is 2.63 bits per heavy atom. The molecule has 1 aliphatic rings. The Morgan fingerprint density at radius 1 is 1.11 bits per heavy atom. The summed E-state index contributed by atoms with van der Waals surface area (Å²) in [6.07, 6.45) is 5.72. The van der Waals surface area contributed by atoms with Crippen LogP contribution in [0.4, 0.5) is 4.39 Å². The van der Waals surface area contributed by atoms with Gasteiger partial charge in [-0.25, -0.2) is 9.18 Å². The molecule has 0 unspecified atom stereocenters. The van der Waals surface area contributed by atoms with Gasteiger partial charge in [0.05, 0.1) is 0 Å². The van der Waals surface area contributed by atoms with Gasteiger partial charge in [-0.2, -0.15) is 0 Å². The highest BCUT2D eigenvalue weighted by atomic mass is 19.1. The van der Waals surface area contributed by atoms with Crippen LogP contribution in [0.25, 0.3) is 5.57 Å². The van der Waals surface area contributed by atoms with E-state index in [2.05, 4.69) is 6.08 Å². The summed E-state index contributed by atoms with van der Waals surface area (Å²) in [5, 5.41) is 10.0. The first kappa shape index (κ1) is 19.3. The molecule has 2 aromatic rings. The highest BCUT2D eigenvalue weighted by Gasteiger charge is 2.17. The Hall–Kier alpha value is -2.46. The molecule has 0 spiro atoms. The zero-order chi connectivity index (χ0) is 19.1. The van der Waals surface area contributed by atoms with Crippen molar-refractivity contribution in [1.29, 1.82) is 0 Å². The van der Waals surface area contributed by atoms with Crippen LogP contribution < -0.4 is 0 Å². The third-order valence-corrected chi connectivity index (χ3v) is 4.87. The highest BCUT2D eigenvalue weighted by Crippen LogP contribution is 2.29. The van der Waals surface area contributed by atoms with Crippen molar-refractivity contribution in [1.82, 2.24) is 0 Å². The maximum atomic E-state index is 14.4. The first-order valence-electron chi connectivity index (χ1n) is 9.50. The first-order chi connectivity index (χ1) is 13.1. The van der Waals surface area contributed by atoms with Crippen molar-refractivity contribution in [2.24, 2.45) is 0 Å². The number of rotatable bonds is 7. The van der Waals surface area contributed by atoms with Gasteiger partial charge in [-0.05, 0) is 61.3 Å². The van der Waals surface area contributed by atoms with Crippen molar-refractivity contribution < 1.29 is 19.0 Å². The summed E-state index contributed by atoms with van der Waals surface area (Å²) in [7, 11) is 0. The van der Waals surface area contributed by atoms with Crippen molar-refractivity contribution in [3.8, 4) is 0 Å². The largest absolute Gasteiger partial charge is 0.459 e. The van der Waals surface area contributed by atoms with E-state index < -0.39 is 12.1 Å². The molecule has 4 heteroatoms. The first-order valence-corrected chi connectivity index (χ1v) is 9.50. The second-order valence-corrected chi connectivity index (χ2v) is 6.94. The van der Waals surface area contributed by atoms with Crippen LogP contribution in [-0.4, -0.2) is 17.2 Å². The summed E-state index contributed by atoms with van der Waals surface area (Å²) >= 11 is 0. The Kier molecular flexibility index (Phi) is 6.77. The fourth-order valence-corrected chi connectivity index (χ4v) is 3.30. The Balaban J connectivity index is 1.50. The number of aryl methyl sites for hydroxylation is 1. The fraction of sp³-hybridized carbons (Fsp3) is 0.348. The van der Waals surface area contributed by atoms with E-state index in [9.17, 15) is 14.3 Å². The van der Waals surface area contributed by atoms with Crippen LogP contribution in [0.15, 0.2) is 54.6 Å². The van der Waals surface area contributed by atoms with Crippen LogP contribution in [0.3, 0.4) is 0 Å². The summed E-state index contributed by atoms with van der Waals surface area (Å²) in [4.78, 5) is 11.9. The molecular weight excluding hydrogens is 343 g/mol. The standard InChI is InChI=1S/C23H25FO3/c24-21-15-17(11-13-20(21)19-9-5-2-6-10-19)12-14-22(25)23(26)27-16-18-7-3-1-4-8-18/h1,3-4,7-9,11,13,15,22,25H,2,5-6,10,12,14,16H2/t22-/m0/s1. The molecule has 0 heterocycles. The van der Waals surface area contributed by atoms with Crippen molar-refractivity contribution in [3.63, 3.8) is 0 Å². The summed E-state index contributed by atoms with van der Waals surface area (Å²) in [5.41, 5.74) is 3.38. The Labute approximate surface area is 159 Å². The molecule has 1 atom stereocenters. The number of benzene rings is 2. The molecule has 0 amide bonds. The minimum atomic E-state index is -1.21. The molecule has 3 nitrogen and oxygen atoms in total. The molecule has 1 aliphatic carbocycles. The van der Waals surface area contributed by atoms with Crippen molar-refractivity contribution >= 4 is 11.5 Å². The van der Waals surface area contributed by atoms with Gasteiger partial charge in [0, 0.05) is 5.56 Å². The third-order valence-electron chi connectivity index (χ3n) is 4.87. The highest BCUT2D eigenvalue weighted by molar-refractivity contribution is 5.74. The van der Waals surface area contributed by atoms with Gasteiger partial charge >= 0.3 is 5.97 Å². The average Bonchev–Trinajstić information content (AvgIpc) is 2.71. The molecular formula is C23H25FO3. The van der Waals surface area contributed by atoms with Crippen molar-refractivity contribution in [3.05, 3.63) is 77.1 Å². The van der Waals surface area contributed by atoms with Crippen molar-refractivity contribution in [2.45, 2.75) is 51.2 Å². The van der Waals surface area contributed by atoms with Crippen LogP contribution in [0.5, 0.6) is 0 Å². The lowest BCUT2D eigenvalue weighted by atomic mass is 9.92. The number of hydrogen-bond donors (Lipinski definition) is 1. The molecule has 0 saturated carbocycles. The van der Waals surface area contributed by atoms with Gasteiger partial charge in [-0.1, -0.05) is 48.5 Å². The van der Waals surface area contributed by atoms with E-state index in [1.807, 2.05) is 42.5 Å². The number of aliphatic hydroxyl groups excluding tert-OH is 1. The summed E-state index contributed by atoms with van der Waals surface area (Å²) in [5.74, 6) is -0.884. The second kappa shape index (κ2) is 9.47. The van der Waals surface area contributed by atoms with Crippen LogP contribution in [0.2, 0.25) is 0 Å². The maximum absolute atomic E-state index is 14.4. The lowest BCUT2D eigenvalue weighted by Gasteiger charge is -2.15. The molecule has 2 aromatic carbocycles. The summed E-state index contributed by atoms with van der Waals surface area (Å²) in [6.45, 7) is 0.134. The number of aliphatic hydroxyl groups is 1. The number of halogens is 1. The predicted octanol–water partition coefficient (Wildman–Crippen LogP) is 4.82. The molecule has 27 heavy (non-hydrogen) atoms. The lowest BCUT2D eigenvalue weighted by Crippen LogP contribution is -2.23. The molecule has 0 bridgehead atoms. The number of carbonyl (C=O) groups excluding carboxylic acids is 1. The predicted molar refractivity (Wildman–Crippen MR) is 103 cm³/mol. The molecule has 1 N–H and O–H groups in total. The third kappa shape index (κ3) is 5.51. The number of ether oxygens (including phenoxy) is 1. The maximum Gasteiger partial charge on any atom is 0.335 e. The van der Waals surface area contributed by atoms with Gasteiger partial charge in [0.15, 0.2) is 6.10 Å². The minimum absolute atomic E-state index is 0.134. The zero-order valence-electron chi connectivity index (χ0n) is 15.4. The van der Waals surface area contributed by atoms with Crippen molar-refractivity contribution in [2.75, 3.05) is 0 Å². The van der Waals surface area contributed by atoms with Crippen LogP contribution in [-0.2, 0) is 22.6 Å². The van der Waals surface area contributed by atoms with Crippen LogP contribution in [0, 0.1) is 5.82 Å². The van der Waals surface area contributed by atoms with Gasteiger partial charge in [0.1, 0.15) is 12.4 Å². The zero-order valence-corrected chi connectivity index (χ0v) is 15.4. The number of esters is 1. The van der Waals surface area contributed by atoms with E-state index >= 15 is 0 Å². The normalized spacial score (nSPS) is 15.1.